The number of hydrogen-bond acceptors (Lipinski definition) is 0. The molecule has 2 aromatic rings. The van der Waals surface area contributed by atoms with Gasteiger partial charge in [0.1, 0.15) is 0 Å². The van der Waals surface area contributed by atoms with Crippen LogP contribution in [0.5, 0.6) is 0 Å². The number of halogens is 3. The first-order valence-electron chi connectivity index (χ1n) is 4.80. The summed E-state index contributed by atoms with van der Waals surface area (Å²) in [6, 6.07) is 13.9. The van der Waals surface area contributed by atoms with E-state index in [1.54, 1.807) is 6.07 Å². The highest BCUT2D eigenvalue weighted by Crippen LogP contribution is 2.27. The van der Waals surface area contributed by atoms with Crippen molar-refractivity contribution in [3.8, 4) is 11.1 Å². The van der Waals surface area contributed by atoms with Crippen molar-refractivity contribution in [1.82, 2.24) is 0 Å². The van der Waals surface area contributed by atoms with Gasteiger partial charge in [-0.15, -0.1) is 0 Å². The smallest absolute Gasteiger partial charge is 0.0426 e. The van der Waals surface area contributed by atoms with Gasteiger partial charge in [-0.05, 0) is 34.9 Å². The van der Waals surface area contributed by atoms with Crippen molar-refractivity contribution in [1.29, 1.82) is 0 Å². The standard InChI is InChI=1S/C13H9BrCl2/c14-8-9-1-3-10(4-2-9)11-5-12(15)7-13(16)6-11/h1-7H,8H2. The Morgan fingerprint density at radius 2 is 1.38 bits per heavy atom. The van der Waals surface area contributed by atoms with Gasteiger partial charge in [-0.3, -0.25) is 0 Å². The third-order valence-corrected chi connectivity index (χ3v) is 3.39. The lowest BCUT2D eigenvalue weighted by Crippen LogP contribution is -1.81. The monoisotopic (exact) mass is 314 g/mol. The molecule has 0 saturated carbocycles. The van der Waals surface area contributed by atoms with Gasteiger partial charge in [0.25, 0.3) is 0 Å². The Morgan fingerprint density at radius 3 is 1.88 bits per heavy atom. The van der Waals surface area contributed by atoms with E-state index < -0.39 is 0 Å². The largest absolute Gasteiger partial charge is 0.0876 e. The van der Waals surface area contributed by atoms with E-state index in [1.807, 2.05) is 12.1 Å². The Labute approximate surface area is 113 Å². The summed E-state index contributed by atoms with van der Waals surface area (Å²) < 4.78 is 0. The van der Waals surface area contributed by atoms with Crippen LogP contribution in [0, 0.1) is 0 Å². The third-order valence-electron chi connectivity index (χ3n) is 2.30. The van der Waals surface area contributed by atoms with Gasteiger partial charge in [-0.2, -0.15) is 0 Å². The number of alkyl halides is 1. The van der Waals surface area contributed by atoms with E-state index in [-0.39, 0.29) is 0 Å². The number of hydrogen-bond donors (Lipinski definition) is 0. The molecular formula is C13H9BrCl2. The lowest BCUT2D eigenvalue weighted by molar-refractivity contribution is 1.44. The molecule has 0 heterocycles. The summed E-state index contributed by atoms with van der Waals surface area (Å²) >= 11 is 15.4. The van der Waals surface area contributed by atoms with Crippen molar-refractivity contribution in [2.45, 2.75) is 5.33 Å². The maximum atomic E-state index is 5.97. The first-order chi connectivity index (χ1) is 7.69. The van der Waals surface area contributed by atoms with Gasteiger partial charge in [0, 0.05) is 15.4 Å². The lowest BCUT2D eigenvalue weighted by Gasteiger charge is -2.04. The van der Waals surface area contributed by atoms with Crippen LogP contribution in [0.4, 0.5) is 0 Å². The van der Waals surface area contributed by atoms with E-state index in [4.69, 9.17) is 23.2 Å². The van der Waals surface area contributed by atoms with Crippen LogP contribution in [0.25, 0.3) is 11.1 Å². The Bertz CT molecular complexity index is 472. The summed E-state index contributed by atoms with van der Waals surface area (Å²) in [6.07, 6.45) is 0. The van der Waals surface area contributed by atoms with Crippen molar-refractivity contribution in [3.63, 3.8) is 0 Å². The van der Waals surface area contributed by atoms with E-state index in [9.17, 15) is 0 Å². The predicted molar refractivity (Wildman–Crippen MR) is 74.5 cm³/mol. The maximum Gasteiger partial charge on any atom is 0.0426 e. The van der Waals surface area contributed by atoms with Crippen LogP contribution in [-0.4, -0.2) is 0 Å². The highest BCUT2D eigenvalue weighted by molar-refractivity contribution is 9.08. The van der Waals surface area contributed by atoms with Gasteiger partial charge in [0.2, 0.25) is 0 Å². The summed E-state index contributed by atoms with van der Waals surface area (Å²) in [5.74, 6) is 0. The molecule has 0 saturated heterocycles. The Kier molecular flexibility index (Phi) is 3.91. The van der Waals surface area contributed by atoms with Crippen LogP contribution < -0.4 is 0 Å². The average Bonchev–Trinajstić information content (AvgIpc) is 2.28. The zero-order chi connectivity index (χ0) is 11.5. The summed E-state index contributed by atoms with van der Waals surface area (Å²) in [4.78, 5) is 0. The summed E-state index contributed by atoms with van der Waals surface area (Å²) in [7, 11) is 0. The molecule has 0 aliphatic carbocycles. The van der Waals surface area contributed by atoms with Gasteiger partial charge in [-0.25, -0.2) is 0 Å². The second kappa shape index (κ2) is 5.22. The molecule has 82 valence electrons. The van der Waals surface area contributed by atoms with Gasteiger partial charge >= 0.3 is 0 Å². The minimum atomic E-state index is 0.659. The van der Waals surface area contributed by atoms with Gasteiger partial charge in [0.15, 0.2) is 0 Å². The minimum absolute atomic E-state index is 0.659. The van der Waals surface area contributed by atoms with Crippen LogP contribution in [0.15, 0.2) is 42.5 Å². The zero-order valence-corrected chi connectivity index (χ0v) is 11.5. The van der Waals surface area contributed by atoms with Crippen LogP contribution in [0.2, 0.25) is 10.0 Å². The van der Waals surface area contributed by atoms with Crippen molar-refractivity contribution < 1.29 is 0 Å². The molecular weight excluding hydrogens is 307 g/mol. The quantitative estimate of drug-likeness (QED) is 0.637. The lowest BCUT2D eigenvalue weighted by atomic mass is 10.0. The molecule has 16 heavy (non-hydrogen) atoms. The van der Waals surface area contributed by atoms with Crippen LogP contribution in [-0.2, 0) is 5.33 Å². The first kappa shape index (κ1) is 12.0. The zero-order valence-electron chi connectivity index (χ0n) is 8.38. The molecule has 2 rings (SSSR count). The summed E-state index contributed by atoms with van der Waals surface area (Å²) in [5.41, 5.74) is 3.41. The molecule has 2 aromatic carbocycles. The highest BCUT2D eigenvalue weighted by Gasteiger charge is 2.01. The van der Waals surface area contributed by atoms with E-state index in [0.717, 1.165) is 16.5 Å². The van der Waals surface area contributed by atoms with E-state index in [2.05, 4.69) is 40.2 Å². The minimum Gasteiger partial charge on any atom is -0.0876 e. The fraction of sp³-hybridized carbons (Fsp3) is 0.0769. The SMILES string of the molecule is Clc1cc(Cl)cc(-c2ccc(CBr)cc2)c1. The van der Waals surface area contributed by atoms with Gasteiger partial charge in [0.05, 0.1) is 0 Å². The van der Waals surface area contributed by atoms with Crippen molar-refractivity contribution in [2.24, 2.45) is 0 Å². The number of rotatable bonds is 2. The molecule has 0 bridgehead atoms. The molecule has 0 aliphatic heterocycles. The molecule has 0 amide bonds. The predicted octanol–water partition coefficient (Wildman–Crippen LogP) is 5.56. The van der Waals surface area contributed by atoms with E-state index in [1.165, 1.54) is 5.56 Å². The molecule has 0 N–H and O–H groups in total. The summed E-state index contributed by atoms with van der Waals surface area (Å²) in [5, 5.41) is 2.18. The molecule has 0 aliphatic rings. The van der Waals surface area contributed by atoms with Crippen molar-refractivity contribution >= 4 is 39.1 Å². The molecule has 0 unspecified atom stereocenters. The first-order valence-corrected chi connectivity index (χ1v) is 6.68. The van der Waals surface area contributed by atoms with Crippen LogP contribution >= 0.6 is 39.1 Å². The molecule has 0 atom stereocenters. The van der Waals surface area contributed by atoms with Crippen LogP contribution in [0.3, 0.4) is 0 Å². The topological polar surface area (TPSA) is 0 Å². The molecule has 0 radical (unpaired) electrons. The third kappa shape index (κ3) is 2.79. The fourth-order valence-corrected chi connectivity index (χ4v) is 2.41. The summed E-state index contributed by atoms with van der Waals surface area (Å²) in [6.45, 7) is 0. The van der Waals surface area contributed by atoms with E-state index in [0.29, 0.717) is 10.0 Å². The second-order valence-corrected chi connectivity index (χ2v) is 4.92. The highest BCUT2D eigenvalue weighted by atomic mass is 79.9. The van der Waals surface area contributed by atoms with Crippen molar-refractivity contribution in [3.05, 3.63) is 58.1 Å². The Hall–Kier alpha value is -0.500. The van der Waals surface area contributed by atoms with E-state index >= 15 is 0 Å². The normalized spacial score (nSPS) is 10.4. The molecule has 0 aromatic heterocycles. The fourth-order valence-electron chi connectivity index (χ4n) is 1.51. The number of benzene rings is 2. The van der Waals surface area contributed by atoms with Gasteiger partial charge < -0.3 is 0 Å². The van der Waals surface area contributed by atoms with Crippen molar-refractivity contribution in [2.75, 3.05) is 0 Å². The maximum absolute atomic E-state index is 5.97. The second-order valence-electron chi connectivity index (χ2n) is 3.49. The Morgan fingerprint density at radius 1 is 0.812 bits per heavy atom. The molecule has 0 nitrogen and oxygen atoms in total. The molecule has 0 fully saturated rings. The van der Waals surface area contributed by atoms with Crippen LogP contribution in [0.1, 0.15) is 5.56 Å². The van der Waals surface area contributed by atoms with Gasteiger partial charge in [-0.1, -0.05) is 63.4 Å². The molecule has 3 heteroatoms. The molecule has 0 spiro atoms. The average molecular weight is 316 g/mol. The Balaban J connectivity index is 2.42.